The van der Waals surface area contributed by atoms with Crippen LogP contribution in [0.25, 0.3) is 0 Å². The lowest BCUT2D eigenvalue weighted by molar-refractivity contribution is 0.00585. The quantitative estimate of drug-likeness (QED) is 0.884. The average Bonchev–Trinajstić information content (AvgIpc) is 3.28. The second kappa shape index (κ2) is 6.35. The zero-order valence-electron chi connectivity index (χ0n) is 13.8. The molecular weight excluding hydrogens is 306 g/mol. The molecule has 8 nitrogen and oxygen atoms in total. The molecule has 0 amide bonds. The molecule has 2 aliphatic heterocycles. The highest BCUT2D eigenvalue weighted by atomic mass is 16.3. The summed E-state index contributed by atoms with van der Waals surface area (Å²) in [7, 11) is 0. The number of rotatable bonds is 4. The molecule has 8 heteroatoms. The van der Waals surface area contributed by atoms with Gasteiger partial charge in [0.1, 0.15) is 23.6 Å². The van der Waals surface area contributed by atoms with Gasteiger partial charge in [-0.05, 0) is 25.7 Å². The molecule has 128 valence electrons. The lowest BCUT2D eigenvalue weighted by Gasteiger charge is -2.39. The van der Waals surface area contributed by atoms with Gasteiger partial charge in [0.15, 0.2) is 0 Å². The minimum atomic E-state index is -0.815. The van der Waals surface area contributed by atoms with Crippen molar-refractivity contribution in [1.29, 1.82) is 0 Å². The Hall–Kier alpha value is -2.22. The topological polar surface area (TPSA) is 83.2 Å². The first-order valence-electron chi connectivity index (χ1n) is 8.60. The van der Waals surface area contributed by atoms with E-state index in [2.05, 4.69) is 30.1 Å². The van der Waals surface area contributed by atoms with Crippen LogP contribution in [0.2, 0.25) is 0 Å². The molecule has 1 N–H and O–H groups in total. The molecule has 4 rings (SSSR count). The lowest BCUT2D eigenvalue weighted by Crippen LogP contribution is -2.51. The number of hydrogen-bond acceptors (Lipinski definition) is 7. The van der Waals surface area contributed by atoms with Gasteiger partial charge in [0.2, 0.25) is 0 Å². The normalized spacial score (nSPS) is 24.5. The number of nitrogens with zero attached hydrogens (tertiary/aromatic N) is 7. The molecule has 0 radical (unpaired) electrons. The fraction of sp³-hybridized carbons (Fsp3) is 0.625. The summed E-state index contributed by atoms with van der Waals surface area (Å²) >= 11 is 0. The van der Waals surface area contributed by atoms with Crippen molar-refractivity contribution >= 4 is 11.6 Å². The van der Waals surface area contributed by atoms with E-state index < -0.39 is 5.60 Å². The number of piperidine rings is 1. The molecule has 1 atom stereocenters. The maximum Gasteiger partial charge on any atom is 0.134 e. The molecule has 24 heavy (non-hydrogen) atoms. The van der Waals surface area contributed by atoms with Gasteiger partial charge in [-0.15, -0.1) is 5.10 Å². The molecule has 4 heterocycles. The zero-order chi connectivity index (χ0) is 16.4. The van der Waals surface area contributed by atoms with Gasteiger partial charge < -0.3 is 14.9 Å². The molecule has 0 aromatic carbocycles. The summed E-state index contributed by atoms with van der Waals surface area (Å²) in [5.74, 6) is 1.88. The van der Waals surface area contributed by atoms with E-state index in [0.717, 1.165) is 44.1 Å². The van der Waals surface area contributed by atoms with E-state index in [1.54, 1.807) is 23.4 Å². The minimum Gasteiger partial charge on any atom is -0.386 e. The van der Waals surface area contributed by atoms with Crippen molar-refractivity contribution in [2.75, 3.05) is 36.0 Å². The summed E-state index contributed by atoms with van der Waals surface area (Å²) in [6, 6.07) is 2.05. The van der Waals surface area contributed by atoms with Crippen LogP contribution in [-0.2, 0) is 6.54 Å². The van der Waals surface area contributed by atoms with Crippen LogP contribution in [0, 0.1) is 0 Å². The second-order valence-electron chi connectivity index (χ2n) is 6.78. The summed E-state index contributed by atoms with van der Waals surface area (Å²) in [5.41, 5.74) is -0.815. The van der Waals surface area contributed by atoms with E-state index in [1.807, 2.05) is 6.07 Å². The molecule has 0 bridgehead atoms. The van der Waals surface area contributed by atoms with Gasteiger partial charge in [0.25, 0.3) is 0 Å². The summed E-state index contributed by atoms with van der Waals surface area (Å²) in [6.45, 7) is 4.02. The predicted octanol–water partition coefficient (Wildman–Crippen LogP) is 0.700. The fourth-order valence-corrected chi connectivity index (χ4v) is 3.68. The van der Waals surface area contributed by atoms with Crippen LogP contribution in [0.1, 0.15) is 25.7 Å². The molecule has 2 aliphatic rings. The highest BCUT2D eigenvalue weighted by molar-refractivity contribution is 5.51. The van der Waals surface area contributed by atoms with Crippen LogP contribution in [0.4, 0.5) is 11.6 Å². The Labute approximate surface area is 141 Å². The highest BCUT2D eigenvalue weighted by Gasteiger charge is 2.34. The van der Waals surface area contributed by atoms with Crippen molar-refractivity contribution in [1.82, 2.24) is 25.0 Å². The monoisotopic (exact) mass is 329 g/mol. The van der Waals surface area contributed by atoms with Crippen LogP contribution < -0.4 is 9.80 Å². The van der Waals surface area contributed by atoms with Crippen LogP contribution in [0.3, 0.4) is 0 Å². The molecule has 2 saturated heterocycles. The first-order chi connectivity index (χ1) is 11.7. The van der Waals surface area contributed by atoms with Gasteiger partial charge in [-0.25, -0.2) is 14.6 Å². The standard InChI is InChI=1S/C16H23N7O/c24-16(12-23-9-5-19-20-23)4-3-8-22(11-16)15-10-14(17-13-18-15)21-6-1-2-7-21/h5,9-10,13,24H,1-4,6-8,11-12H2. The maximum atomic E-state index is 11.0. The number of hydrogen-bond donors (Lipinski definition) is 1. The van der Waals surface area contributed by atoms with Crippen LogP contribution in [0.5, 0.6) is 0 Å². The van der Waals surface area contributed by atoms with Gasteiger partial charge in [-0.1, -0.05) is 5.21 Å². The molecule has 1 unspecified atom stereocenters. The molecule has 0 saturated carbocycles. The van der Waals surface area contributed by atoms with Gasteiger partial charge in [0, 0.05) is 38.4 Å². The molecular formula is C16H23N7O. The third-order valence-electron chi connectivity index (χ3n) is 4.88. The van der Waals surface area contributed by atoms with E-state index in [9.17, 15) is 5.11 Å². The van der Waals surface area contributed by atoms with Gasteiger partial charge >= 0.3 is 0 Å². The van der Waals surface area contributed by atoms with Crippen LogP contribution in [-0.4, -0.2) is 61.8 Å². The smallest absolute Gasteiger partial charge is 0.134 e. The van der Waals surface area contributed by atoms with Crippen molar-refractivity contribution in [3.05, 3.63) is 24.8 Å². The van der Waals surface area contributed by atoms with Crippen LogP contribution in [0.15, 0.2) is 24.8 Å². The van der Waals surface area contributed by atoms with Gasteiger partial charge in [0.05, 0.1) is 12.7 Å². The predicted molar refractivity (Wildman–Crippen MR) is 89.9 cm³/mol. The van der Waals surface area contributed by atoms with Crippen molar-refractivity contribution in [3.63, 3.8) is 0 Å². The summed E-state index contributed by atoms with van der Waals surface area (Å²) in [5, 5.41) is 18.8. The number of β-amino-alcohol motifs (C(OH)–C–C–N with tert-alkyl or cyclic N) is 1. The number of aliphatic hydroxyl groups is 1. The average molecular weight is 329 g/mol. The maximum absolute atomic E-state index is 11.0. The van der Waals surface area contributed by atoms with Gasteiger partial charge in [-0.3, -0.25) is 0 Å². The third kappa shape index (κ3) is 3.19. The number of anilines is 2. The van der Waals surface area contributed by atoms with E-state index in [4.69, 9.17) is 0 Å². The molecule has 0 aliphatic carbocycles. The third-order valence-corrected chi connectivity index (χ3v) is 4.88. The van der Waals surface area contributed by atoms with E-state index in [0.29, 0.717) is 13.1 Å². The van der Waals surface area contributed by atoms with Crippen molar-refractivity contribution in [3.8, 4) is 0 Å². The Morgan fingerprint density at radius 1 is 1.04 bits per heavy atom. The first kappa shape index (κ1) is 15.3. The van der Waals surface area contributed by atoms with Crippen molar-refractivity contribution < 1.29 is 5.11 Å². The summed E-state index contributed by atoms with van der Waals surface area (Å²) in [4.78, 5) is 13.3. The first-order valence-corrected chi connectivity index (χ1v) is 8.60. The van der Waals surface area contributed by atoms with Crippen LogP contribution >= 0.6 is 0 Å². The minimum absolute atomic E-state index is 0.452. The lowest BCUT2D eigenvalue weighted by atomic mass is 9.93. The summed E-state index contributed by atoms with van der Waals surface area (Å²) < 4.78 is 1.69. The molecule has 2 fully saturated rings. The number of aromatic nitrogens is 5. The molecule has 2 aromatic heterocycles. The zero-order valence-corrected chi connectivity index (χ0v) is 13.8. The molecule has 0 spiro atoms. The van der Waals surface area contributed by atoms with E-state index in [-0.39, 0.29) is 0 Å². The highest BCUT2D eigenvalue weighted by Crippen LogP contribution is 2.28. The van der Waals surface area contributed by atoms with Crippen molar-refractivity contribution in [2.45, 2.75) is 37.8 Å². The molecule has 2 aromatic rings. The van der Waals surface area contributed by atoms with E-state index in [1.165, 1.54) is 12.8 Å². The Bertz CT molecular complexity index is 671. The fourth-order valence-electron chi connectivity index (χ4n) is 3.68. The van der Waals surface area contributed by atoms with Gasteiger partial charge in [-0.2, -0.15) is 0 Å². The Morgan fingerprint density at radius 2 is 1.79 bits per heavy atom. The Kier molecular flexibility index (Phi) is 4.05. The largest absolute Gasteiger partial charge is 0.386 e. The Balaban J connectivity index is 1.50. The summed E-state index contributed by atoms with van der Waals surface area (Å²) in [6.07, 6.45) is 9.18. The Morgan fingerprint density at radius 3 is 2.54 bits per heavy atom. The van der Waals surface area contributed by atoms with Crippen molar-refractivity contribution in [2.24, 2.45) is 0 Å². The SMILES string of the molecule is OC1(Cn2ccnn2)CCCN(c2cc(N3CCCC3)ncn2)C1. The van der Waals surface area contributed by atoms with E-state index >= 15 is 0 Å². The second-order valence-corrected chi connectivity index (χ2v) is 6.78.